The van der Waals surface area contributed by atoms with Gasteiger partial charge in [0.05, 0.1) is 0 Å². The van der Waals surface area contributed by atoms with E-state index in [9.17, 15) is 4.79 Å². The van der Waals surface area contributed by atoms with Crippen LogP contribution in [0.2, 0.25) is 0 Å². The third kappa shape index (κ3) is 9.27. The SMILES string of the molecule is C=C(C)C(N)=O.Cc1ccc(C=C(C=Cc2ccccc2)C=Cc2cccc(C)c2)cc1. The molecule has 0 bridgehead atoms. The number of amides is 1. The third-order valence-electron chi connectivity index (χ3n) is 4.61. The van der Waals surface area contributed by atoms with Gasteiger partial charge in [0.15, 0.2) is 0 Å². The minimum absolute atomic E-state index is 0.398. The Hall–Kier alpha value is -3.91. The smallest absolute Gasteiger partial charge is 0.243 e. The lowest BCUT2D eigenvalue weighted by Gasteiger charge is -2.00. The summed E-state index contributed by atoms with van der Waals surface area (Å²) in [6.07, 6.45) is 10.9. The largest absolute Gasteiger partial charge is 0.366 e. The predicted molar refractivity (Wildman–Crippen MR) is 139 cm³/mol. The first-order valence-corrected chi connectivity index (χ1v) is 10.5. The second-order valence-corrected chi connectivity index (χ2v) is 7.69. The second kappa shape index (κ2) is 12.7. The van der Waals surface area contributed by atoms with E-state index in [2.05, 4.69) is 124 Å². The van der Waals surface area contributed by atoms with E-state index in [0.29, 0.717) is 5.57 Å². The van der Waals surface area contributed by atoms with Gasteiger partial charge in [-0.25, -0.2) is 0 Å². The average molecular weight is 422 g/mol. The highest BCUT2D eigenvalue weighted by atomic mass is 16.1. The van der Waals surface area contributed by atoms with Gasteiger partial charge in [0.2, 0.25) is 5.91 Å². The summed E-state index contributed by atoms with van der Waals surface area (Å²) in [7, 11) is 0. The van der Waals surface area contributed by atoms with Crippen LogP contribution < -0.4 is 5.73 Å². The molecule has 0 atom stereocenters. The summed E-state index contributed by atoms with van der Waals surface area (Å²) in [6.45, 7) is 9.09. The van der Waals surface area contributed by atoms with Crippen LogP contribution in [0.5, 0.6) is 0 Å². The number of carbonyl (C=O) groups excluding carboxylic acids is 1. The summed E-state index contributed by atoms with van der Waals surface area (Å²) in [5.74, 6) is -0.435. The number of rotatable bonds is 6. The molecule has 1 amide bonds. The van der Waals surface area contributed by atoms with E-state index in [1.54, 1.807) is 6.92 Å². The fourth-order valence-corrected chi connectivity index (χ4v) is 2.73. The van der Waals surface area contributed by atoms with Crippen molar-refractivity contribution in [2.75, 3.05) is 0 Å². The second-order valence-electron chi connectivity index (χ2n) is 7.69. The number of nitrogens with two attached hydrogens (primary N) is 1. The van der Waals surface area contributed by atoms with Crippen molar-refractivity contribution in [2.24, 2.45) is 5.73 Å². The van der Waals surface area contributed by atoms with E-state index in [4.69, 9.17) is 5.73 Å². The molecule has 3 aromatic rings. The third-order valence-corrected chi connectivity index (χ3v) is 4.61. The summed E-state index contributed by atoms with van der Waals surface area (Å²) in [4.78, 5) is 9.82. The molecule has 0 unspecified atom stereocenters. The van der Waals surface area contributed by atoms with Gasteiger partial charge in [-0.2, -0.15) is 0 Å². The maximum absolute atomic E-state index is 9.82. The van der Waals surface area contributed by atoms with Crippen LogP contribution in [0.15, 0.2) is 109 Å². The van der Waals surface area contributed by atoms with Crippen LogP contribution in [0, 0.1) is 13.8 Å². The topological polar surface area (TPSA) is 43.1 Å². The fraction of sp³-hybridized carbons (Fsp3) is 0.100. The first-order valence-electron chi connectivity index (χ1n) is 10.5. The number of aryl methyl sites for hydroxylation is 2. The highest BCUT2D eigenvalue weighted by Gasteiger charge is 1.94. The summed E-state index contributed by atoms with van der Waals surface area (Å²) in [5.41, 5.74) is 12.4. The molecule has 3 aromatic carbocycles. The van der Waals surface area contributed by atoms with Crippen molar-refractivity contribution in [2.45, 2.75) is 20.8 Å². The van der Waals surface area contributed by atoms with Crippen molar-refractivity contribution in [3.63, 3.8) is 0 Å². The van der Waals surface area contributed by atoms with Crippen molar-refractivity contribution >= 4 is 24.1 Å². The van der Waals surface area contributed by atoms with Crippen LogP contribution in [0.3, 0.4) is 0 Å². The van der Waals surface area contributed by atoms with Crippen LogP contribution >= 0.6 is 0 Å². The Morgan fingerprint density at radius 3 is 1.88 bits per heavy atom. The Morgan fingerprint density at radius 2 is 1.31 bits per heavy atom. The quantitative estimate of drug-likeness (QED) is 0.333. The monoisotopic (exact) mass is 421 g/mol. The maximum Gasteiger partial charge on any atom is 0.243 e. The molecule has 0 spiro atoms. The lowest BCUT2D eigenvalue weighted by Crippen LogP contribution is -2.10. The zero-order valence-electron chi connectivity index (χ0n) is 19.1. The molecule has 32 heavy (non-hydrogen) atoms. The molecule has 0 aliphatic rings. The van der Waals surface area contributed by atoms with Crippen LogP contribution in [0.1, 0.15) is 34.7 Å². The normalized spacial score (nSPS) is 11.3. The van der Waals surface area contributed by atoms with Crippen LogP contribution in [0.4, 0.5) is 0 Å². The molecular weight excluding hydrogens is 390 g/mol. The van der Waals surface area contributed by atoms with Gasteiger partial charge in [0.25, 0.3) is 0 Å². The minimum atomic E-state index is -0.435. The Morgan fingerprint density at radius 1 is 0.750 bits per heavy atom. The predicted octanol–water partition coefficient (Wildman–Crippen LogP) is 7.16. The first kappa shape index (κ1) is 24.4. The molecular formula is C30H31NO. The number of benzene rings is 3. The number of allylic oxidation sites excluding steroid dienone is 3. The van der Waals surface area contributed by atoms with Gasteiger partial charge < -0.3 is 5.73 Å². The van der Waals surface area contributed by atoms with Gasteiger partial charge in [0.1, 0.15) is 0 Å². The summed E-state index contributed by atoms with van der Waals surface area (Å²) >= 11 is 0. The molecule has 0 radical (unpaired) electrons. The van der Waals surface area contributed by atoms with Gasteiger partial charge in [-0.05, 0) is 49.1 Å². The summed E-state index contributed by atoms with van der Waals surface area (Å²) in [6, 6.07) is 27.5. The van der Waals surface area contributed by atoms with Crippen LogP contribution in [0.25, 0.3) is 18.2 Å². The standard InChI is InChI=1S/C26H24.C4H7NO/c1-21-11-13-25(14-12-21)20-26(16-15-23-8-4-3-5-9-23)18-17-24-10-6-7-22(2)19-24;1-3(2)4(5)6/h3-20H,1-2H3;1H2,2H3,(H2,5,6). The maximum atomic E-state index is 9.82. The van der Waals surface area contributed by atoms with E-state index in [1.165, 1.54) is 33.4 Å². The molecule has 162 valence electrons. The van der Waals surface area contributed by atoms with E-state index in [0.717, 1.165) is 0 Å². The zero-order chi connectivity index (χ0) is 23.3. The van der Waals surface area contributed by atoms with E-state index < -0.39 is 5.91 Å². The number of primary amides is 1. The minimum Gasteiger partial charge on any atom is -0.366 e. The Labute approximate surface area is 192 Å². The first-order chi connectivity index (χ1) is 15.3. The Bertz CT molecular complexity index is 1110. The summed E-state index contributed by atoms with van der Waals surface area (Å²) in [5, 5.41) is 0. The molecule has 0 aromatic heterocycles. The molecule has 2 nitrogen and oxygen atoms in total. The highest BCUT2D eigenvalue weighted by molar-refractivity contribution is 5.90. The van der Waals surface area contributed by atoms with Crippen molar-refractivity contribution in [1.29, 1.82) is 0 Å². The van der Waals surface area contributed by atoms with Crippen LogP contribution in [-0.4, -0.2) is 5.91 Å². The molecule has 0 fully saturated rings. The van der Waals surface area contributed by atoms with Gasteiger partial charge >= 0.3 is 0 Å². The molecule has 3 rings (SSSR count). The molecule has 2 N–H and O–H groups in total. The highest BCUT2D eigenvalue weighted by Crippen LogP contribution is 2.15. The average Bonchev–Trinajstić information content (AvgIpc) is 2.78. The van der Waals surface area contributed by atoms with Crippen molar-refractivity contribution < 1.29 is 4.79 Å². The van der Waals surface area contributed by atoms with Crippen molar-refractivity contribution in [1.82, 2.24) is 0 Å². The molecule has 0 saturated carbocycles. The Kier molecular flexibility index (Phi) is 9.68. The number of hydrogen-bond donors (Lipinski definition) is 1. The van der Waals surface area contributed by atoms with Gasteiger partial charge in [0, 0.05) is 5.57 Å². The van der Waals surface area contributed by atoms with Crippen molar-refractivity contribution in [3.05, 3.63) is 137 Å². The van der Waals surface area contributed by atoms with Gasteiger partial charge in [-0.15, -0.1) is 0 Å². The molecule has 2 heteroatoms. The molecule has 0 heterocycles. The molecule has 0 aliphatic carbocycles. The van der Waals surface area contributed by atoms with E-state index in [1.807, 2.05) is 6.07 Å². The molecule has 0 saturated heterocycles. The summed E-state index contributed by atoms with van der Waals surface area (Å²) < 4.78 is 0. The van der Waals surface area contributed by atoms with Gasteiger partial charge in [-0.3, -0.25) is 4.79 Å². The lowest BCUT2D eigenvalue weighted by atomic mass is 10.1. The number of hydrogen-bond acceptors (Lipinski definition) is 1. The van der Waals surface area contributed by atoms with E-state index in [-0.39, 0.29) is 0 Å². The lowest BCUT2D eigenvalue weighted by molar-refractivity contribution is -0.114. The van der Waals surface area contributed by atoms with E-state index >= 15 is 0 Å². The molecule has 0 aliphatic heterocycles. The van der Waals surface area contributed by atoms with Crippen LogP contribution in [-0.2, 0) is 4.79 Å². The van der Waals surface area contributed by atoms with Crippen molar-refractivity contribution in [3.8, 4) is 0 Å². The number of carbonyl (C=O) groups is 1. The van der Waals surface area contributed by atoms with Gasteiger partial charge in [-0.1, -0.05) is 121 Å². The Balaban J connectivity index is 0.000000534. The fourth-order valence-electron chi connectivity index (χ4n) is 2.73. The zero-order valence-corrected chi connectivity index (χ0v) is 19.1.